The van der Waals surface area contributed by atoms with Crippen molar-refractivity contribution < 1.29 is 9.18 Å². The molecule has 29 heavy (non-hydrogen) atoms. The largest absolute Gasteiger partial charge is 0.343 e. The van der Waals surface area contributed by atoms with Gasteiger partial charge in [-0.25, -0.2) is 9.37 Å². The fraction of sp³-hybridized carbons (Fsp3) is 0.409. The molecule has 7 heteroatoms. The zero-order valence-corrected chi connectivity index (χ0v) is 17.4. The molecule has 1 aliphatic heterocycles. The summed E-state index contributed by atoms with van der Waals surface area (Å²) in [7, 11) is 0. The van der Waals surface area contributed by atoms with Crippen LogP contribution in [0.5, 0.6) is 0 Å². The fourth-order valence-electron chi connectivity index (χ4n) is 3.92. The van der Waals surface area contributed by atoms with E-state index in [2.05, 4.69) is 29.1 Å². The molecule has 0 amide bonds. The van der Waals surface area contributed by atoms with Gasteiger partial charge in [0.2, 0.25) is 0 Å². The SMILES string of the molecule is CC(C)CCSc1nc2c(c(=O)[nH]1)[C@@H](c1cccc(F)c1)C1=C(CCCC1=O)N2. The molecule has 1 aromatic carbocycles. The molecule has 0 unspecified atom stereocenters. The van der Waals surface area contributed by atoms with E-state index in [0.717, 1.165) is 30.7 Å². The topological polar surface area (TPSA) is 74.8 Å². The van der Waals surface area contributed by atoms with E-state index < -0.39 is 11.7 Å². The predicted molar refractivity (Wildman–Crippen MR) is 113 cm³/mol. The molecule has 0 fully saturated rings. The van der Waals surface area contributed by atoms with Crippen molar-refractivity contribution in [1.29, 1.82) is 0 Å². The van der Waals surface area contributed by atoms with Crippen molar-refractivity contribution in [3.05, 3.63) is 62.8 Å². The molecule has 2 heterocycles. The van der Waals surface area contributed by atoms with Gasteiger partial charge in [-0.2, -0.15) is 0 Å². The third kappa shape index (κ3) is 4.01. The second kappa shape index (κ2) is 8.14. The summed E-state index contributed by atoms with van der Waals surface area (Å²) in [6.07, 6.45) is 2.94. The van der Waals surface area contributed by atoms with Crippen molar-refractivity contribution in [2.45, 2.75) is 50.6 Å². The Morgan fingerprint density at radius 3 is 2.86 bits per heavy atom. The first-order chi connectivity index (χ1) is 13.9. The van der Waals surface area contributed by atoms with Crippen molar-refractivity contribution >= 4 is 23.4 Å². The number of carbonyl (C=O) groups is 1. The standard InChI is InChI=1S/C22H24FN3O2S/c1-12(2)9-10-29-22-25-20-19(21(28)26-22)17(13-5-3-6-14(23)11-13)18-15(24-20)7-4-8-16(18)27/h3,5-6,11-12,17H,4,7-10H2,1-2H3,(H2,24,25,26,28)/t17-/m0/s1. The maximum absolute atomic E-state index is 14.0. The van der Waals surface area contributed by atoms with Crippen molar-refractivity contribution in [2.24, 2.45) is 5.92 Å². The first-order valence-electron chi connectivity index (χ1n) is 9.99. The van der Waals surface area contributed by atoms with E-state index in [-0.39, 0.29) is 11.3 Å². The Kier molecular flexibility index (Phi) is 5.58. The first kappa shape index (κ1) is 19.9. The van der Waals surface area contributed by atoms with Crippen molar-refractivity contribution in [3.63, 3.8) is 0 Å². The van der Waals surface area contributed by atoms with E-state index >= 15 is 0 Å². The van der Waals surface area contributed by atoms with Gasteiger partial charge in [0.15, 0.2) is 10.9 Å². The van der Waals surface area contributed by atoms with Gasteiger partial charge in [0.1, 0.15) is 11.6 Å². The predicted octanol–water partition coefficient (Wildman–Crippen LogP) is 4.61. The lowest BCUT2D eigenvalue weighted by atomic mass is 9.76. The summed E-state index contributed by atoms with van der Waals surface area (Å²) in [5.74, 6) is 0.924. The molecule has 2 aromatic rings. The third-order valence-corrected chi connectivity index (χ3v) is 6.26. The third-order valence-electron chi connectivity index (χ3n) is 5.35. The highest BCUT2D eigenvalue weighted by Crippen LogP contribution is 2.43. The number of allylic oxidation sites excluding steroid dienone is 2. The average Bonchev–Trinajstić information content (AvgIpc) is 2.66. The van der Waals surface area contributed by atoms with Crippen LogP contribution in [0.25, 0.3) is 0 Å². The molecule has 2 N–H and O–H groups in total. The Labute approximate surface area is 173 Å². The number of ketones is 1. The number of nitrogens with one attached hydrogen (secondary N) is 2. The lowest BCUT2D eigenvalue weighted by molar-refractivity contribution is -0.116. The summed E-state index contributed by atoms with van der Waals surface area (Å²) >= 11 is 1.52. The zero-order chi connectivity index (χ0) is 20.5. The van der Waals surface area contributed by atoms with Gasteiger partial charge in [-0.1, -0.05) is 37.7 Å². The maximum Gasteiger partial charge on any atom is 0.257 e. The number of hydrogen-bond donors (Lipinski definition) is 2. The van der Waals surface area contributed by atoms with Gasteiger partial charge >= 0.3 is 0 Å². The van der Waals surface area contributed by atoms with Gasteiger partial charge in [-0.3, -0.25) is 9.59 Å². The van der Waals surface area contributed by atoms with E-state index in [9.17, 15) is 14.0 Å². The minimum Gasteiger partial charge on any atom is -0.343 e. The van der Waals surface area contributed by atoms with Gasteiger partial charge in [0.05, 0.1) is 5.56 Å². The summed E-state index contributed by atoms with van der Waals surface area (Å²) in [5.41, 5.74) is 2.08. The highest BCUT2D eigenvalue weighted by atomic mass is 32.2. The number of benzene rings is 1. The zero-order valence-electron chi connectivity index (χ0n) is 16.5. The lowest BCUT2D eigenvalue weighted by Gasteiger charge is -2.32. The summed E-state index contributed by atoms with van der Waals surface area (Å²) in [4.78, 5) is 33.3. The van der Waals surface area contributed by atoms with Crippen LogP contribution in [0, 0.1) is 11.7 Å². The van der Waals surface area contributed by atoms with Crippen LogP contribution in [0.1, 0.15) is 56.6 Å². The molecule has 0 radical (unpaired) electrons. The molecule has 0 bridgehead atoms. The molecule has 152 valence electrons. The Hall–Kier alpha value is -2.41. The lowest BCUT2D eigenvalue weighted by Crippen LogP contribution is -2.32. The smallest absolute Gasteiger partial charge is 0.257 e. The number of rotatable bonds is 5. The van der Waals surface area contributed by atoms with E-state index in [0.29, 0.717) is 40.0 Å². The molecule has 1 atom stereocenters. The van der Waals surface area contributed by atoms with E-state index in [1.54, 1.807) is 12.1 Å². The number of aromatic amines is 1. The highest BCUT2D eigenvalue weighted by Gasteiger charge is 2.37. The minimum atomic E-state index is -0.601. The number of carbonyl (C=O) groups excluding carboxylic acids is 1. The molecule has 4 rings (SSSR count). The first-order valence-corrected chi connectivity index (χ1v) is 11.0. The fourth-order valence-corrected chi connectivity index (χ4v) is 5.02. The van der Waals surface area contributed by atoms with Crippen LogP contribution in [-0.2, 0) is 4.79 Å². The number of nitrogens with zero attached hydrogens (tertiary/aromatic N) is 1. The Morgan fingerprint density at radius 2 is 2.10 bits per heavy atom. The second-order valence-electron chi connectivity index (χ2n) is 7.95. The Balaban J connectivity index is 1.81. The summed E-state index contributed by atoms with van der Waals surface area (Å²) in [6, 6.07) is 6.13. The molecule has 0 spiro atoms. The van der Waals surface area contributed by atoms with E-state index in [1.165, 1.54) is 23.9 Å². The van der Waals surface area contributed by atoms with Crippen LogP contribution in [0.4, 0.5) is 10.2 Å². The number of halogens is 1. The minimum absolute atomic E-state index is 0.00782. The molecule has 0 saturated carbocycles. The van der Waals surface area contributed by atoms with Crippen LogP contribution in [0.2, 0.25) is 0 Å². The van der Waals surface area contributed by atoms with Gasteiger partial charge in [0, 0.05) is 29.4 Å². The number of H-pyrrole nitrogens is 1. The molecule has 2 aliphatic rings. The van der Waals surface area contributed by atoms with Gasteiger partial charge < -0.3 is 10.3 Å². The quantitative estimate of drug-likeness (QED) is 0.553. The monoisotopic (exact) mass is 413 g/mol. The molecule has 1 aromatic heterocycles. The van der Waals surface area contributed by atoms with Crippen molar-refractivity contribution in [1.82, 2.24) is 9.97 Å². The highest BCUT2D eigenvalue weighted by molar-refractivity contribution is 7.99. The summed E-state index contributed by atoms with van der Waals surface area (Å²) < 4.78 is 14.0. The van der Waals surface area contributed by atoms with Crippen LogP contribution in [-0.4, -0.2) is 21.5 Å². The molecule has 0 saturated heterocycles. The summed E-state index contributed by atoms with van der Waals surface area (Å²) in [6.45, 7) is 4.31. The molecular formula is C22H24FN3O2S. The van der Waals surface area contributed by atoms with Crippen molar-refractivity contribution in [2.75, 3.05) is 11.1 Å². The normalized spacial score (nSPS) is 18.5. The molecular weight excluding hydrogens is 389 g/mol. The number of Topliss-reactive ketones (excluding diaryl/α,β-unsaturated/α-hetero) is 1. The van der Waals surface area contributed by atoms with Gasteiger partial charge in [-0.05, 0) is 42.9 Å². The number of fused-ring (bicyclic) bond motifs is 1. The number of aromatic nitrogens is 2. The maximum atomic E-state index is 14.0. The molecule has 5 nitrogen and oxygen atoms in total. The van der Waals surface area contributed by atoms with Gasteiger partial charge in [0.25, 0.3) is 5.56 Å². The van der Waals surface area contributed by atoms with Crippen molar-refractivity contribution in [3.8, 4) is 0 Å². The Bertz CT molecular complexity index is 1040. The second-order valence-corrected chi connectivity index (χ2v) is 9.03. The Morgan fingerprint density at radius 1 is 1.28 bits per heavy atom. The van der Waals surface area contributed by atoms with Crippen LogP contribution < -0.4 is 10.9 Å². The van der Waals surface area contributed by atoms with E-state index in [4.69, 9.17) is 0 Å². The van der Waals surface area contributed by atoms with Crippen LogP contribution in [0.3, 0.4) is 0 Å². The van der Waals surface area contributed by atoms with E-state index in [1.807, 2.05) is 0 Å². The van der Waals surface area contributed by atoms with Crippen LogP contribution in [0.15, 0.2) is 45.5 Å². The number of hydrogen-bond acceptors (Lipinski definition) is 5. The number of thioether (sulfide) groups is 1. The summed E-state index contributed by atoms with van der Waals surface area (Å²) in [5, 5.41) is 3.81. The number of anilines is 1. The van der Waals surface area contributed by atoms with Gasteiger partial charge in [-0.15, -0.1) is 0 Å². The van der Waals surface area contributed by atoms with Crippen LogP contribution >= 0.6 is 11.8 Å². The average molecular weight is 414 g/mol. The molecule has 1 aliphatic carbocycles.